The molecule has 0 radical (unpaired) electrons. The largest absolute Gasteiger partial charge is 0.480 e. The monoisotopic (exact) mass is 278 g/mol. The van der Waals surface area contributed by atoms with Gasteiger partial charge in [0.15, 0.2) is 0 Å². The highest BCUT2D eigenvalue weighted by molar-refractivity contribution is 5.96. The molecule has 0 aliphatic rings. The molecule has 0 unspecified atom stereocenters. The maximum Gasteiger partial charge on any atom is 0.326 e. The Labute approximate surface area is 119 Å². The van der Waals surface area contributed by atoms with Crippen LogP contribution >= 0.6 is 0 Å². The molecule has 0 saturated heterocycles. The van der Waals surface area contributed by atoms with Crippen LogP contribution in [0.25, 0.3) is 0 Å². The van der Waals surface area contributed by atoms with Crippen molar-refractivity contribution in [1.82, 2.24) is 5.32 Å². The van der Waals surface area contributed by atoms with Crippen LogP contribution in [0.4, 0.5) is 0 Å². The number of carboxylic acid groups (broad SMARTS) is 1. The summed E-state index contributed by atoms with van der Waals surface area (Å²) in [7, 11) is 0. The minimum Gasteiger partial charge on any atom is -0.480 e. The highest BCUT2D eigenvalue weighted by Crippen LogP contribution is 2.08. The molecule has 1 amide bonds. The fraction of sp³-hybridized carbons (Fsp3) is 0.467. The molecule has 5 nitrogen and oxygen atoms in total. The highest BCUT2D eigenvalue weighted by Gasteiger charge is 2.21. The molecule has 20 heavy (non-hydrogen) atoms. The molecule has 0 saturated carbocycles. The van der Waals surface area contributed by atoms with E-state index in [9.17, 15) is 9.59 Å². The van der Waals surface area contributed by atoms with E-state index in [0.29, 0.717) is 18.5 Å². The number of hydrogen-bond donors (Lipinski definition) is 3. The molecular formula is C15H22N2O3. The normalized spacial score (nSPS) is 12.2. The van der Waals surface area contributed by atoms with Crippen molar-refractivity contribution < 1.29 is 14.7 Å². The molecule has 5 heteroatoms. The average molecular weight is 278 g/mol. The summed E-state index contributed by atoms with van der Waals surface area (Å²) >= 11 is 0. The summed E-state index contributed by atoms with van der Waals surface area (Å²) < 4.78 is 0. The quantitative estimate of drug-likeness (QED) is 0.703. The number of amides is 1. The molecule has 4 N–H and O–H groups in total. The predicted octanol–water partition coefficient (Wildman–Crippen LogP) is 1.42. The van der Waals surface area contributed by atoms with Crippen LogP contribution in [0.3, 0.4) is 0 Å². The molecule has 1 aromatic rings. The Balaban J connectivity index is 2.70. The van der Waals surface area contributed by atoms with E-state index in [2.05, 4.69) is 5.32 Å². The van der Waals surface area contributed by atoms with Crippen molar-refractivity contribution in [2.24, 2.45) is 11.7 Å². The number of aliphatic carboxylic acids is 1. The van der Waals surface area contributed by atoms with Crippen LogP contribution in [0.2, 0.25) is 0 Å². The van der Waals surface area contributed by atoms with Gasteiger partial charge in [0.05, 0.1) is 0 Å². The van der Waals surface area contributed by atoms with Crippen molar-refractivity contribution in [2.45, 2.75) is 32.7 Å². The lowest BCUT2D eigenvalue weighted by Gasteiger charge is -2.16. The second-order valence-electron chi connectivity index (χ2n) is 5.23. The average Bonchev–Trinajstić information content (AvgIpc) is 2.38. The number of benzene rings is 1. The van der Waals surface area contributed by atoms with Crippen molar-refractivity contribution in [1.29, 1.82) is 0 Å². The molecular weight excluding hydrogens is 256 g/mol. The molecule has 0 bridgehead atoms. The zero-order chi connectivity index (χ0) is 15.1. The Bertz CT molecular complexity index is 455. The summed E-state index contributed by atoms with van der Waals surface area (Å²) in [6.45, 7) is 4.40. The van der Waals surface area contributed by atoms with Gasteiger partial charge in [0, 0.05) is 5.56 Å². The molecule has 0 aliphatic carbocycles. The van der Waals surface area contributed by atoms with Crippen LogP contribution in [-0.4, -0.2) is 29.6 Å². The van der Waals surface area contributed by atoms with Gasteiger partial charge in [-0.05, 0) is 43.0 Å². The van der Waals surface area contributed by atoms with Gasteiger partial charge in [0.25, 0.3) is 5.91 Å². The number of carboxylic acids is 1. The Hall–Kier alpha value is -1.88. The summed E-state index contributed by atoms with van der Waals surface area (Å²) in [5, 5.41) is 11.7. The summed E-state index contributed by atoms with van der Waals surface area (Å²) in [5.41, 5.74) is 6.97. The third-order valence-corrected chi connectivity index (χ3v) is 2.96. The fourth-order valence-electron chi connectivity index (χ4n) is 1.92. The number of nitrogens with one attached hydrogen (secondary N) is 1. The molecule has 1 atom stereocenters. The van der Waals surface area contributed by atoms with Gasteiger partial charge in [-0.25, -0.2) is 4.79 Å². The van der Waals surface area contributed by atoms with E-state index in [1.165, 1.54) is 0 Å². The first-order chi connectivity index (χ1) is 9.43. The lowest BCUT2D eigenvalue weighted by atomic mass is 10.0. The van der Waals surface area contributed by atoms with Gasteiger partial charge in [-0.2, -0.15) is 0 Å². The van der Waals surface area contributed by atoms with Gasteiger partial charge >= 0.3 is 5.97 Å². The van der Waals surface area contributed by atoms with Crippen LogP contribution in [0.1, 0.15) is 36.2 Å². The predicted molar refractivity (Wildman–Crippen MR) is 77.5 cm³/mol. The highest BCUT2D eigenvalue weighted by atomic mass is 16.4. The van der Waals surface area contributed by atoms with Crippen molar-refractivity contribution in [3.8, 4) is 0 Å². The maximum absolute atomic E-state index is 12.0. The Morgan fingerprint density at radius 2 is 1.85 bits per heavy atom. The minimum absolute atomic E-state index is 0.198. The first kappa shape index (κ1) is 16.2. The van der Waals surface area contributed by atoms with E-state index in [-0.39, 0.29) is 11.8 Å². The lowest BCUT2D eigenvalue weighted by Crippen LogP contribution is -2.41. The van der Waals surface area contributed by atoms with Gasteiger partial charge in [-0.3, -0.25) is 4.79 Å². The first-order valence-corrected chi connectivity index (χ1v) is 6.76. The van der Waals surface area contributed by atoms with Crippen LogP contribution < -0.4 is 11.1 Å². The number of carbonyl (C=O) groups is 2. The maximum atomic E-state index is 12.0. The van der Waals surface area contributed by atoms with Crippen molar-refractivity contribution in [3.63, 3.8) is 0 Å². The van der Waals surface area contributed by atoms with E-state index in [1.807, 2.05) is 26.0 Å². The van der Waals surface area contributed by atoms with E-state index < -0.39 is 12.0 Å². The molecule has 1 aromatic carbocycles. The smallest absolute Gasteiger partial charge is 0.326 e. The second-order valence-corrected chi connectivity index (χ2v) is 5.23. The van der Waals surface area contributed by atoms with E-state index in [0.717, 1.165) is 12.0 Å². The number of hydrogen-bond acceptors (Lipinski definition) is 3. The van der Waals surface area contributed by atoms with E-state index in [4.69, 9.17) is 10.8 Å². The molecule has 0 heterocycles. The van der Waals surface area contributed by atoms with Crippen molar-refractivity contribution in [2.75, 3.05) is 6.54 Å². The topological polar surface area (TPSA) is 92.4 Å². The van der Waals surface area contributed by atoms with E-state index in [1.54, 1.807) is 12.1 Å². The first-order valence-electron chi connectivity index (χ1n) is 6.76. The molecule has 1 rings (SSSR count). The zero-order valence-electron chi connectivity index (χ0n) is 11.9. The third-order valence-electron chi connectivity index (χ3n) is 2.96. The fourth-order valence-corrected chi connectivity index (χ4v) is 1.92. The van der Waals surface area contributed by atoms with Gasteiger partial charge < -0.3 is 16.2 Å². The summed E-state index contributed by atoms with van der Waals surface area (Å²) in [6.07, 6.45) is 1.17. The lowest BCUT2D eigenvalue weighted by molar-refractivity contribution is -0.139. The second kappa shape index (κ2) is 7.65. The molecule has 0 spiro atoms. The molecule has 0 aromatic heterocycles. The van der Waals surface area contributed by atoms with Crippen molar-refractivity contribution in [3.05, 3.63) is 35.4 Å². The number of nitrogens with two attached hydrogens (primary N) is 1. The zero-order valence-corrected chi connectivity index (χ0v) is 11.9. The number of rotatable bonds is 7. The van der Waals surface area contributed by atoms with Gasteiger partial charge in [0.1, 0.15) is 6.04 Å². The van der Waals surface area contributed by atoms with Crippen molar-refractivity contribution >= 4 is 11.9 Å². The Morgan fingerprint density at radius 3 is 2.30 bits per heavy atom. The minimum atomic E-state index is -1.01. The molecule has 110 valence electrons. The van der Waals surface area contributed by atoms with Crippen LogP contribution in [0.15, 0.2) is 24.3 Å². The van der Waals surface area contributed by atoms with Crippen LogP contribution in [0, 0.1) is 5.92 Å². The Morgan fingerprint density at radius 1 is 1.25 bits per heavy atom. The number of carbonyl (C=O) groups excluding carboxylic acids is 1. The Kier molecular flexibility index (Phi) is 6.18. The van der Waals surface area contributed by atoms with Gasteiger partial charge in [-0.15, -0.1) is 0 Å². The molecule has 0 fully saturated rings. The van der Waals surface area contributed by atoms with Crippen LogP contribution in [0.5, 0.6) is 0 Å². The third kappa shape index (κ3) is 5.01. The van der Waals surface area contributed by atoms with Gasteiger partial charge in [-0.1, -0.05) is 26.0 Å². The summed E-state index contributed by atoms with van der Waals surface area (Å²) in [6, 6.07) is 6.19. The SMILES string of the molecule is CC(C)C[C@H](NC(=O)c1ccc(CCN)cc1)C(=O)O. The standard InChI is InChI=1S/C15H22N2O3/c1-10(2)9-13(15(19)20)17-14(18)12-5-3-11(4-6-12)7-8-16/h3-6,10,13H,7-9,16H2,1-2H3,(H,17,18)(H,19,20)/t13-/m0/s1. The molecule has 0 aliphatic heterocycles. The summed E-state index contributed by atoms with van der Waals surface area (Å²) in [4.78, 5) is 23.1. The van der Waals surface area contributed by atoms with Crippen LogP contribution in [-0.2, 0) is 11.2 Å². The van der Waals surface area contributed by atoms with Gasteiger partial charge in [0.2, 0.25) is 0 Å². The summed E-state index contributed by atoms with van der Waals surface area (Å²) in [5.74, 6) is -1.17. The van der Waals surface area contributed by atoms with E-state index >= 15 is 0 Å².